The summed E-state index contributed by atoms with van der Waals surface area (Å²) in [4.78, 5) is 4.15. The Morgan fingerprint density at radius 2 is 2.00 bits per heavy atom. The van der Waals surface area contributed by atoms with Gasteiger partial charge in [0.2, 0.25) is 5.89 Å². The van der Waals surface area contributed by atoms with E-state index >= 15 is 0 Å². The Kier molecular flexibility index (Phi) is 3.30. The van der Waals surface area contributed by atoms with E-state index < -0.39 is 0 Å². The molecule has 2 rings (SSSR count). The Hall–Kier alpha value is -2.01. The van der Waals surface area contributed by atoms with Crippen molar-refractivity contribution in [2.45, 2.75) is 6.54 Å². The third-order valence-corrected chi connectivity index (χ3v) is 2.39. The maximum absolute atomic E-state index is 5.46. The molecular weight excluding hydrogens is 220 g/mol. The van der Waals surface area contributed by atoms with E-state index in [-0.39, 0.29) is 0 Å². The number of hydrogen-bond acceptors (Lipinski definition) is 5. The van der Waals surface area contributed by atoms with Crippen LogP contribution in [0.1, 0.15) is 5.76 Å². The number of benzene rings is 1. The van der Waals surface area contributed by atoms with Crippen LogP contribution in [0.25, 0.3) is 11.5 Å². The summed E-state index contributed by atoms with van der Waals surface area (Å²) in [6.07, 6.45) is 1.62. The fraction of sp³-hybridized carbons (Fsp3) is 0.250. The van der Waals surface area contributed by atoms with Crippen LogP contribution in [0.2, 0.25) is 0 Å². The summed E-state index contributed by atoms with van der Waals surface area (Å²) in [6, 6.07) is 5.47. The second kappa shape index (κ2) is 4.88. The number of ether oxygens (including phenoxy) is 2. The Bertz CT molecular complexity index is 508. The van der Waals surface area contributed by atoms with Crippen LogP contribution in [0, 0.1) is 0 Å². The predicted molar refractivity (Wildman–Crippen MR) is 62.9 cm³/mol. The zero-order chi connectivity index (χ0) is 12.3. The molecule has 90 valence electrons. The highest BCUT2D eigenvalue weighted by Crippen LogP contribution is 2.31. The van der Waals surface area contributed by atoms with E-state index in [1.165, 1.54) is 0 Å². The summed E-state index contributed by atoms with van der Waals surface area (Å²) in [5, 5.41) is 0. The highest BCUT2D eigenvalue weighted by atomic mass is 16.5. The molecule has 0 unspecified atom stereocenters. The molecule has 0 radical (unpaired) electrons. The molecule has 0 aliphatic heterocycles. The fourth-order valence-corrected chi connectivity index (χ4v) is 1.50. The summed E-state index contributed by atoms with van der Waals surface area (Å²) in [7, 11) is 3.18. The lowest BCUT2D eigenvalue weighted by atomic mass is 10.2. The van der Waals surface area contributed by atoms with Crippen LogP contribution in [0.15, 0.2) is 28.8 Å². The Morgan fingerprint density at radius 3 is 2.59 bits per heavy atom. The summed E-state index contributed by atoms with van der Waals surface area (Å²) in [5.41, 5.74) is 6.29. The number of oxazole rings is 1. The van der Waals surface area contributed by atoms with Gasteiger partial charge in [-0.15, -0.1) is 0 Å². The standard InChI is InChI=1S/C12H14N2O3/c1-15-10-4-3-8(5-11(10)16-2)12-14-7-9(6-13)17-12/h3-5,7H,6,13H2,1-2H3. The summed E-state index contributed by atoms with van der Waals surface area (Å²) in [5.74, 6) is 2.47. The van der Waals surface area contributed by atoms with Gasteiger partial charge in [0.25, 0.3) is 0 Å². The zero-order valence-corrected chi connectivity index (χ0v) is 9.77. The van der Waals surface area contributed by atoms with Gasteiger partial charge in [0.15, 0.2) is 11.5 Å². The van der Waals surface area contributed by atoms with Crippen LogP contribution < -0.4 is 15.2 Å². The molecule has 5 nitrogen and oxygen atoms in total. The van der Waals surface area contributed by atoms with Crippen molar-refractivity contribution >= 4 is 0 Å². The van der Waals surface area contributed by atoms with Crippen molar-refractivity contribution in [3.8, 4) is 23.0 Å². The van der Waals surface area contributed by atoms with Gasteiger partial charge < -0.3 is 19.6 Å². The van der Waals surface area contributed by atoms with Crippen LogP contribution >= 0.6 is 0 Å². The van der Waals surface area contributed by atoms with Crippen molar-refractivity contribution in [3.05, 3.63) is 30.2 Å². The van der Waals surface area contributed by atoms with Gasteiger partial charge >= 0.3 is 0 Å². The lowest BCUT2D eigenvalue weighted by Gasteiger charge is -2.07. The first-order chi connectivity index (χ1) is 8.28. The molecule has 0 spiro atoms. The summed E-state index contributed by atoms with van der Waals surface area (Å²) >= 11 is 0. The van der Waals surface area contributed by atoms with Crippen molar-refractivity contribution in [2.24, 2.45) is 5.73 Å². The van der Waals surface area contributed by atoms with E-state index in [2.05, 4.69) is 4.98 Å². The molecule has 1 heterocycles. The SMILES string of the molecule is COc1ccc(-c2ncc(CN)o2)cc1OC. The molecule has 0 fully saturated rings. The molecule has 0 aliphatic rings. The van der Waals surface area contributed by atoms with E-state index in [1.54, 1.807) is 26.5 Å². The topological polar surface area (TPSA) is 70.5 Å². The number of rotatable bonds is 4. The first-order valence-corrected chi connectivity index (χ1v) is 5.15. The Balaban J connectivity index is 2.38. The highest BCUT2D eigenvalue weighted by Gasteiger charge is 2.10. The fourth-order valence-electron chi connectivity index (χ4n) is 1.50. The first kappa shape index (κ1) is 11.5. The maximum atomic E-state index is 5.46. The van der Waals surface area contributed by atoms with Crippen molar-refractivity contribution < 1.29 is 13.9 Å². The number of nitrogens with two attached hydrogens (primary N) is 1. The van der Waals surface area contributed by atoms with E-state index in [9.17, 15) is 0 Å². The van der Waals surface area contributed by atoms with Crippen LogP contribution in [0.4, 0.5) is 0 Å². The molecule has 5 heteroatoms. The quantitative estimate of drug-likeness (QED) is 0.873. The van der Waals surface area contributed by atoms with Gasteiger partial charge in [-0.2, -0.15) is 0 Å². The minimum absolute atomic E-state index is 0.334. The molecule has 0 aliphatic carbocycles. The average Bonchev–Trinajstić information content (AvgIpc) is 2.86. The van der Waals surface area contributed by atoms with Gasteiger partial charge in [-0.1, -0.05) is 0 Å². The number of nitrogens with zero attached hydrogens (tertiary/aromatic N) is 1. The summed E-state index contributed by atoms with van der Waals surface area (Å²) in [6.45, 7) is 0.334. The number of aromatic nitrogens is 1. The predicted octanol–water partition coefficient (Wildman–Crippen LogP) is 1.82. The monoisotopic (exact) mass is 234 g/mol. The van der Waals surface area contributed by atoms with Crippen LogP contribution in [-0.2, 0) is 6.54 Å². The molecule has 0 saturated carbocycles. The van der Waals surface area contributed by atoms with Gasteiger partial charge in [-0.05, 0) is 18.2 Å². The van der Waals surface area contributed by atoms with Gasteiger partial charge in [0.05, 0.1) is 27.0 Å². The minimum Gasteiger partial charge on any atom is -0.493 e. The lowest BCUT2D eigenvalue weighted by molar-refractivity contribution is 0.355. The van der Waals surface area contributed by atoms with Gasteiger partial charge in [-0.3, -0.25) is 0 Å². The van der Waals surface area contributed by atoms with E-state index in [1.807, 2.05) is 12.1 Å². The van der Waals surface area contributed by atoms with E-state index in [0.29, 0.717) is 29.7 Å². The minimum atomic E-state index is 0.334. The molecule has 0 bridgehead atoms. The van der Waals surface area contributed by atoms with E-state index in [0.717, 1.165) is 5.56 Å². The van der Waals surface area contributed by atoms with Crippen molar-refractivity contribution in [1.82, 2.24) is 4.98 Å². The molecule has 1 aromatic heterocycles. The maximum Gasteiger partial charge on any atom is 0.226 e. The average molecular weight is 234 g/mol. The van der Waals surface area contributed by atoms with Crippen molar-refractivity contribution in [3.63, 3.8) is 0 Å². The van der Waals surface area contributed by atoms with Crippen molar-refractivity contribution in [1.29, 1.82) is 0 Å². The normalized spacial score (nSPS) is 10.3. The lowest BCUT2D eigenvalue weighted by Crippen LogP contribution is -1.92. The molecule has 17 heavy (non-hydrogen) atoms. The molecule has 2 N–H and O–H groups in total. The largest absolute Gasteiger partial charge is 0.493 e. The second-order valence-corrected chi connectivity index (χ2v) is 3.41. The first-order valence-electron chi connectivity index (χ1n) is 5.15. The third-order valence-electron chi connectivity index (χ3n) is 2.39. The summed E-state index contributed by atoms with van der Waals surface area (Å²) < 4.78 is 15.8. The number of methoxy groups -OCH3 is 2. The van der Waals surface area contributed by atoms with Crippen molar-refractivity contribution in [2.75, 3.05) is 14.2 Å². The second-order valence-electron chi connectivity index (χ2n) is 3.41. The number of hydrogen-bond donors (Lipinski definition) is 1. The molecule has 2 aromatic rings. The van der Waals surface area contributed by atoms with Gasteiger partial charge in [-0.25, -0.2) is 4.98 Å². The Morgan fingerprint density at radius 1 is 1.24 bits per heavy atom. The molecule has 0 amide bonds. The zero-order valence-electron chi connectivity index (χ0n) is 9.77. The third kappa shape index (κ3) is 2.24. The molecular formula is C12H14N2O3. The molecule has 1 aromatic carbocycles. The van der Waals surface area contributed by atoms with Gasteiger partial charge in [0, 0.05) is 5.56 Å². The smallest absolute Gasteiger partial charge is 0.226 e. The van der Waals surface area contributed by atoms with Crippen LogP contribution in [0.3, 0.4) is 0 Å². The highest BCUT2D eigenvalue weighted by molar-refractivity contribution is 5.59. The van der Waals surface area contributed by atoms with E-state index in [4.69, 9.17) is 19.6 Å². The Labute approximate surface area is 99.2 Å². The molecule has 0 atom stereocenters. The van der Waals surface area contributed by atoms with Crippen LogP contribution in [0.5, 0.6) is 11.5 Å². The van der Waals surface area contributed by atoms with Crippen LogP contribution in [-0.4, -0.2) is 19.2 Å². The molecule has 0 saturated heterocycles. The van der Waals surface area contributed by atoms with Gasteiger partial charge in [0.1, 0.15) is 5.76 Å².